The standard InChI is InChI=1S/C15H21N5O/c21-13-9-12(4-1-10-5-7-16-8-6-10)17-15-18-14(11-2-3-11)19-20(13)15/h9-11,16H,1-8H2,(H,17,18,19). The van der Waals surface area contributed by atoms with Gasteiger partial charge in [0, 0.05) is 12.0 Å². The average molecular weight is 287 g/mol. The number of fused-ring (bicyclic) bond motifs is 1. The lowest BCUT2D eigenvalue weighted by molar-refractivity contribution is 0.353. The van der Waals surface area contributed by atoms with Crippen molar-refractivity contribution in [2.45, 2.75) is 44.4 Å². The topological polar surface area (TPSA) is 75.1 Å². The molecular formula is C15H21N5O. The number of aryl methyl sites for hydroxylation is 1. The predicted molar refractivity (Wildman–Crippen MR) is 79.5 cm³/mol. The zero-order valence-corrected chi connectivity index (χ0v) is 12.1. The number of hydrogen-bond donors (Lipinski definition) is 2. The van der Waals surface area contributed by atoms with Crippen LogP contribution in [0.3, 0.4) is 0 Å². The molecule has 112 valence electrons. The number of aromatic nitrogens is 4. The Kier molecular flexibility index (Phi) is 3.25. The molecule has 2 fully saturated rings. The van der Waals surface area contributed by atoms with Gasteiger partial charge in [0.05, 0.1) is 5.69 Å². The molecule has 1 saturated carbocycles. The lowest BCUT2D eigenvalue weighted by atomic mass is 9.92. The molecule has 4 rings (SSSR count). The van der Waals surface area contributed by atoms with E-state index in [9.17, 15) is 4.79 Å². The van der Waals surface area contributed by atoms with Gasteiger partial charge >= 0.3 is 0 Å². The summed E-state index contributed by atoms with van der Waals surface area (Å²) >= 11 is 0. The van der Waals surface area contributed by atoms with Gasteiger partial charge in [-0.25, -0.2) is 4.98 Å². The zero-order valence-electron chi connectivity index (χ0n) is 12.1. The number of aromatic amines is 1. The Morgan fingerprint density at radius 2 is 2.00 bits per heavy atom. The monoisotopic (exact) mass is 287 g/mol. The minimum Gasteiger partial charge on any atom is -0.317 e. The van der Waals surface area contributed by atoms with Crippen molar-refractivity contribution in [2.75, 3.05) is 13.1 Å². The number of hydrogen-bond acceptors (Lipinski definition) is 4. The Hall–Kier alpha value is -1.69. The first-order chi connectivity index (χ1) is 10.3. The maximum Gasteiger partial charge on any atom is 0.274 e. The van der Waals surface area contributed by atoms with Crippen molar-refractivity contribution < 1.29 is 0 Å². The van der Waals surface area contributed by atoms with E-state index in [1.165, 1.54) is 17.4 Å². The van der Waals surface area contributed by atoms with Gasteiger partial charge in [-0.2, -0.15) is 9.50 Å². The smallest absolute Gasteiger partial charge is 0.274 e. The van der Waals surface area contributed by atoms with E-state index in [1.54, 1.807) is 6.07 Å². The van der Waals surface area contributed by atoms with Crippen molar-refractivity contribution in [3.05, 3.63) is 27.9 Å². The first-order valence-corrected chi connectivity index (χ1v) is 7.99. The molecule has 0 spiro atoms. The van der Waals surface area contributed by atoms with E-state index in [1.807, 2.05) is 0 Å². The molecule has 1 saturated heterocycles. The summed E-state index contributed by atoms with van der Waals surface area (Å²) in [4.78, 5) is 21.2. The maximum atomic E-state index is 12.1. The average Bonchev–Trinajstić information content (AvgIpc) is 3.26. The highest BCUT2D eigenvalue weighted by molar-refractivity contribution is 5.29. The van der Waals surface area contributed by atoms with Gasteiger partial charge in [-0.15, -0.1) is 0 Å². The van der Waals surface area contributed by atoms with E-state index in [0.717, 1.165) is 56.2 Å². The van der Waals surface area contributed by atoms with Gasteiger partial charge in [-0.05, 0) is 57.5 Å². The molecule has 0 atom stereocenters. The van der Waals surface area contributed by atoms with Gasteiger partial charge in [0.15, 0.2) is 0 Å². The SMILES string of the molecule is O=c1cc(CCC2CCNCC2)nc2nc(C3CC3)[nH]n12. The molecule has 2 aromatic heterocycles. The van der Waals surface area contributed by atoms with E-state index < -0.39 is 0 Å². The summed E-state index contributed by atoms with van der Waals surface area (Å²) in [7, 11) is 0. The molecule has 2 aliphatic rings. The Labute approximate surface area is 123 Å². The maximum absolute atomic E-state index is 12.1. The van der Waals surface area contributed by atoms with E-state index in [0.29, 0.717) is 11.7 Å². The van der Waals surface area contributed by atoms with Crippen LogP contribution in [0.15, 0.2) is 10.9 Å². The molecule has 6 nitrogen and oxygen atoms in total. The van der Waals surface area contributed by atoms with Crippen LogP contribution >= 0.6 is 0 Å². The molecule has 0 aromatic carbocycles. The third-order valence-corrected chi connectivity index (χ3v) is 4.63. The van der Waals surface area contributed by atoms with Gasteiger partial charge in [-0.1, -0.05) is 0 Å². The molecule has 0 amide bonds. The quantitative estimate of drug-likeness (QED) is 0.887. The molecule has 6 heteroatoms. The van der Waals surface area contributed by atoms with Crippen LogP contribution in [0, 0.1) is 5.92 Å². The van der Waals surface area contributed by atoms with Crippen molar-refractivity contribution in [3.63, 3.8) is 0 Å². The van der Waals surface area contributed by atoms with Crippen LogP contribution in [-0.2, 0) is 6.42 Å². The molecule has 1 aliphatic heterocycles. The molecular weight excluding hydrogens is 266 g/mol. The van der Waals surface area contributed by atoms with Crippen molar-refractivity contribution in [1.82, 2.24) is 24.9 Å². The summed E-state index contributed by atoms with van der Waals surface area (Å²) in [6.45, 7) is 2.23. The van der Waals surface area contributed by atoms with Crippen LogP contribution in [0.4, 0.5) is 0 Å². The van der Waals surface area contributed by atoms with Crippen LogP contribution in [0.2, 0.25) is 0 Å². The summed E-state index contributed by atoms with van der Waals surface area (Å²) in [5, 5.41) is 6.46. The molecule has 0 unspecified atom stereocenters. The van der Waals surface area contributed by atoms with Crippen LogP contribution in [-0.4, -0.2) is 32.7 Å². The fourth-order valence-electron chi connectivity index (χ4n) is 3.13. The summed E-state index contributed by atoms with van der Waals surface area (Å²) in [6, 6.07) is 1.66. The highest BCUT2D eigenvalue weighted by Crippen LogP contribution is 2.37. The largest absolute Gasteiger partial charge is 0.317 e. The van der Waals surface area contributed by atoms with Gasteiger partial charge < -0.3 is 5.32 Å². The second-order valence-corrected chi connectivity index (χ2v) is 6.34. The molecule has 3 heterocycles. The Bertz CT molecular complexity index is 694. The first kappa shape index (κ1) is 13.0. The first-order valence-electron chi connectivity index (χ1n) is 7.99. The third-order valence-electron chi connectivity index (χ3n) is 4.63. The van der Waals surface area contributed by atoms with Gasteiger partial charge in [0.25, 0.3) is 11.3 Å². The molecule has 0 bridgehead atoms. The van der Waals surface area contributed by atoms with Gasteiger partial charge in [0.2, 0.25) is 0 Å². The Morgan fingerprint density at radius 1 is 1.19 bits per heavy atom. The third kappa shape index (κ3) is 2.72. The van der Waals surface area contributed by atoms with Gasteiger partial charge in [0.1, 0.15) is 5.82 Å². The fourth-order valence-corrected chi connectivity index (χ4v) is 3.13. The summed E-state index contributed by atoms with van der Waals surface area (Å²) in [5.41, 5.74) is 0.840. The van der Waals surface area contributed by atoms with Crippen LogP contribution in [0.5, 0.6) is 0 Å². The number of nitrogens with zero attached hydrogens (tertiary/aromatic N) is 3. The van der Waals surface area contributed by atoms with E-state index in [2.05, 4.69) is 20.4 Å². The normalized spacial score (nSPS) is 20.2. The van der Waals surface area contributed by atoms with Crippen LogP contribution < -0.4 is 10.9 Å². The lowest BCUT2D eigenvalue weighted by Crippen LogP contribution is -2.28. The second-order valence-electron chi connectivity index (χ2n) is 6.34. The highest BCUT2D eigenvalue weighted by Gasteiger charge is 2.27. The summed E-state index contributed by atoms with van der Waals surface area (Å²) in [5.74, 6) is 2.71. The van der Waals surface area contributed by atoms with E-state index >= 15 is 0 Å². The Balaban J connectivity index is 1.53. The molecule has 2 N–H and O–H groups in total. The zero-order chi connectivity index (χ0) is 14.2. The highest BCUT2D eigenvalue weighted by atomic mass is 16.1. The van der Waals surface area contributed by atoms with Crippen molar-refractivity contribution in [3.8, 4) is 0 Å². The lowest BCUT2D eigenvalue weighted by Gasteiger charge is -2.22. The van der Waals surface area contributed by atoms with Crippen molar-refractivity contribution in [2.24, 2.45) is 5.92 Å². The number of nitrogens with one attached hydrogen (secondary N) is 2. The van der Waals surface area contributed by atoms with Crippen molar-refractivity contribution in [1.29, 1.82) is 0 Å². The van der Waals surface area contributed by atoms with E-state index in [4.69, 9.17) is 0 Å². The molecule has 0 radical (unpaired) electrons. The minimum atomic E-state index is -0.0419. The van der Waals surface area contributed by atoms with Crippen molar-refractivity contribution >= 4 is 5.78 Å². The van der Waals surface area contributed by atoms with Gasteiger partial charge in [-0.3, -0.25) is 9.89 Å². The molecule has 2 aromatic rings. The minimum absolute atomic E-state index is 0.0419. The Morgan fingerprint density at radius 3 is 2.76 bits per heavy atom. The number of rotatable bonds is 4. The number of piperidine rings is 1. The molecule has 1 aliphatic carbocycles. The molecule has 21 heavy (non-hydrogen) atoms. The second kappa shape index (κ2) is 5.26. The summed E-state index contributed by atoms with van der Waals surface area (Å²) < 4.78 is 1.47. The number of H-pyrrole nitrogens is 1. The van der Waals surface area contributed by atoms with Crippen LogP contribution in [0.1, 0.15) is 49.5 Å². The van der Waals surface area contributed by atoms with E-state index in [-0.39, 0.29) is 5.56 Å². The van der Waals surface area contributed by atoms with Crippen LogP contribution in [0.25, 0.3) is 5.78 Å². The summed E-state index contributed by atoms with van der Waals surface area (Å²) in [6.07, 6.45) is 6.78. The predicted octanol–water partition coefficient (Wildman–Crippen LogP) is 1.23. The fraction of sp³-hybridized carbons (Fsp3) is 0.667.